The van der Waals surface area contributed by atoms with Gasteiger partial charge < -0.3 is 20.3 Å². The molecule has 2 aromatic rings. The van der Waals surface area contributed by atoms with Gasteiger partial charge in [-0.3, -0.25) is 0 Å². The summed E-state index contributed by atoms with van der Waals surface area (Å²) in [4.78, 5) is 2.47. The number of anilines is 3. The molecule has 2 saturated heterocycles. The van der Waals surface area contributed by atoms with Crippen LogP contribution in [0.2, 0.25) is 0 Å². The van der Waals surface area contributed by atoms with Crippen molar-refractivity contribution in [3.8, 4) is 5.75 Å². The fourth-order valence-electron chi connectivity index (χ4n) is 4.44. The van der Waals surface area contributed by atoms with E-state index in [0.717, 1.165) is 50.9 Å². The predicted octanol–water partition coefficient (Wildman–Crippen LogP) is 5.26. The SMILES string of the molecule is O=S(=O)(c1ccc(N2CCCCC2)c(NC(=S)Nc2ccc(OC(F)F)cc2)c1)N1CCCCC1. The molecule has 0 radical (unpaired) electrons. The number of hydrogen-bond donors (Lipinski definition) is 2. The number of halogens is 2. The summed E-state index contributed by atoms with van der Waals surface area (Å²) in [5.74, 6) is 0.0485. The molecule has 2 N–H and O–H groups in total. The summed E-state index contributed by atoms with van der Waals surface area (Å²) in [5, 5.41) is 6.45. The number of nitrogens with one attached hydrogen (secondary N) is 2. The van der Waals surface area contributed by atoms with Crippen molar-refractivity contribution in [1.29, 1.82) is 0 Å². The molecule has 7 nitrogen and oxygen atoms in total. The zero-order valence-corrected chi connectivity index (χ0v) is 21.0. The summed E-state index contributed by atoms with van der Waals surface area (Å²) in [6, 6.07) is 11.2. The van der Waals surface area contributed by atoms with Crippen LogP contribution in [-0.2, 0) is 10.0 Å². The molecule has 0 bridgehead atoms. The number of ether oxygens (including phenoxy) is 1. The van der Waals surface area contributed by atoms with Crippen molar-refractivity contribution in [3.63, 3.8) is 0 Å². The smallest absolute Gasteiger partial charge is 0.387 e. The Morgan fingerprint density at radius 1 is 0.886 bits per heavy atom. The van der Waals surface area contributed by atoms with E-state index in [9.17, 15) is 17.2 Å². The van der Waals surface area contributed by atoms with E-state index >= 15 is 0 Å². The Hall–Kier alpha value is -2.50. The molecule has 0 unspecified atom stereocenters. The van der Waals surface area contributed by atoms with Crippen molar-refractivity contribution in [1.82, 2.24) is 4.31 Å². The van der Waals surface area contributed by atoms with Gasteiger partial charge in [-0.15, -0.1) is 0 Å². The molecule has 35 heavy (non-hydrogen) atoms. The average molecular weight is 525 g/mol. The maximum Gasteiger partial charge on any atom is 0.387 e. The minimum Gasteiger partial charge on any atom is -0.435 e. The van der Waals surface area contributed by atoms with Crippen LogP contribution in [0.1, 0.15) is 38.5 Å². The maximum absolute atomic E-state index is 13.3. The summed E-state index contributed by atoms with van der Waals surface area (Å²) in [6.45, 7) is -0.0514. The second-order valence-electron chi connectivity index (χ2n) is 8.67. The zero-order chi connectivity index (χ0) is 24.8. The third-order valence-corrected chi connectivity index (χ3v) is 8.30. The monoisotopic (exact) mass is 524 g/mol. The van der Waals surface area contributed by atoms with Crippen LogP contribution in [0.3, 0.4) is 0 Å². The number of rotatable bonds is 7. The lowest BCUT2D eigenvalue weighted by Gasteiger charge is -2.31. The highest BCUT2D eigenvalue weighted by Gasteiger charge is 2.27. The number of piperidine rings is 2. The third-order valence-electron chi connectivity index (χ3n) is 6.20. The van der Waals surface area contributed by atoms with Gasteiger partial charge in [-0.25, -0.2) is 8.42 Å². The lowest BCUT2D eigenvalue weighted by atomic mass is 10.1. The third kappa shape index (κ3) is 6.59. The van der Waals surface area contributed by atoms with Crippen molar-refractivity contribution < 1.29 is 21.9 Å². The normalized spacial score (nSPS) is 17.3. The molecule has 0 aliphatic carbocycles. The van der Waals surface area contributed by atoms with E-state index in [1.807, 2.05) is 6.07 Å². The molecule has 2 fully saturated rings. The molecule has 0 spiro atoms. The number of hydrogen-bond acceptors (Lipinski definition) is 5. The molecular weight excluding hydrogens is 494 g/mol. The first-order valence-corrected chi connectivity index (χ1v) is 13.7. The van der Waals surface area contributed by atoms with Crippen LogP contribution >= 0.6 is 12.2 Å². The topological polar surface area (TPSA) is 73.9 Å². The van der Waals surface area contributed by atoms with Gasteiger partial charge in [-0.05, 0) is 86.8 Å². The van der Waals surface area contributed by atoms with Gasteiger partial charge in [0.1, 0.15) is 5.75 Å². The number of alkyl halides is 2. The quantitative estimate of drug-likeness (QED) is 0.479. The molecule has 2 aromatic carbocycles. The van der Waals surface area contributed by atoms with E-state index in [1.54, 1.807) is 28.6 Å². The molecule has 0 atom stereocenters. The Labute approximate surface area is 210 Å². The van der Waals surface area contributed by atoms with E-state index in [4.69, 9.17) is 12.2 Å². The molecule has 2 aliphatic rings. The Morgan fingerprint density at radius 3 is 2.14 bits per heavy atom. The Balaban J connectivity index is 1.55. The van der Waals surface area contributed by atoms with Gasteiger partial charge >= 0.3 is 6.61 Å². The molecule has 2 heterocycles. The van der Waals surface area contributed by atoms with Gasteiger partial charge in [0.2, 0.25) is 10.0 Å². The molecule has 0 saturated carbocycles. The summed E-state index contributed by atoms with van der Waals surface area (Å²) >= 11 is 5.49. The second kappa shape index (κ2) is 11.5. The van der Waals surface area contributed by atoms with Gasteiger partial charge in [0.25, 0.3) is 0 Å². The van der Waals surface area contributed by atoms with E-state index < -0.39 is 16.6 Å². The highest BCUT2D eigenvalue weighted by Crippen LogP contribution is 2.33. The van der Waals surface area contributed by atoms with Crippen LogP contribution in [0, 0.1) is 0 Å². The van der Waals surface area contributed by atoms with Crippen LogP contribution in [0.25, 0.3) is 0 Å². The summed E-state index contributed by atoms with van der Waals surface area (Å²) in [7, 11) is -3.61. The first-order chi connectivity index (χ1) is 16.8. The number of thiocarbonyl (C=S) groups is 1. The largest absolute Gasteiger partial charge is 0.435 e. The Bertz CT molecular complexity index is 1120. The Kier molecular flexibility index (Phi) is 8.40. The lowest BCUT2D eigenvalue weighted by molar-refractivity contribution is -0.0498. The molecule has 4 rings (SSSR count). The lowest BCUT2D eigenvalue weighted by Crippen LogP contribution is -2.36. The fraction of sp³-hybridized carbons (Fsp3) is 0.458. The Morgan fingerprint density at radius 2 is 1.51 bits per heavy atom. The second-order valence-corrected chi connectivity index (χ2v) is 11.0. The number of benzene rings is 2. The van der Waals surface area contributed by atoms with E-state index in [1.165, 1.54) is 18.6 Å². The molecule has 0 amide bonds. The van der Waals surface area contributed by atoms with Gasteiger partial charge in [0.15, 0.2) is 5.11 Å². The average Bonchev–Trinajstić information content (AvgIpc) is 2.86. The van der Waals surface area contributed by atoms with E-state index in [2.05, 4.69) is 20.3 Å². The fourth-order valence-corrected chi connectivity index (χ4v) is 6.22. The molecule has 0 aromatic heterocycles. The van der Waals surface area contributed by atoms with Crippen molar-refractivity contribution in [2.75, 3.05) is 41.7 Å². The summed E-state index contributed by atoms with van der Waals surface area (Å²) in [6.07, 6.45) is 6.09. The first kappa shape index (κ1) is 25.6. The van der Waals surface area contributed by atoms with Crippen molar-refractivity contribution in [2.24, 2.45) is 0 Å². The highest BCUT2D eigenvalue weighted by molar-refractivity contribution is 7.89. The maximum atomic E-state index is 13.3. The van der Waals surface area contributed by atoms with Crippen LogP contribution in [-0.4, -0.2) is 50.6 Å². The first-order valence-electron chi connectivity index (χ1n) is 11.8. The number of sulfonamides is 1. The standard InChI is InChI=1S/C24H30F2N4O3S2/c25-23(26)33-19-9-7-18(8-10-19)27-24(34)28-21-17-20(35(31,32)30-15-5-2-6-16-30)11-12-22(21)29-13-3-1-4-14-29/h7-12,17,23H,1-6,13-16H2,(H2,27,28,34). The van der Waals surface area contributed by atoms with Crippen molar-refractivity contribution >= 4 is 44.4 Å². The van der Waals surface area contributed by atoms with Gasteiger partial charge in [0, 0.05) is 31.9 Å². The van der Waals surface area contributed by atoms with Gasteiger partial charge in [0.05, 0.1) is 16.3 Å². The van der Waals surface area contributed by atoms with Crippen LogP contribution in [0.15, 0.2) is 47.4 Å². The van der Waals surface area contributed by atoms with Crippen LogP contribution in [0.4, 0.5) is 25.8 Å². The molecule has 2 aliphatic heterocycles. The highest BCUT2D eigenvalue weighted by atomic mass is 32.2. The van der Waals surface area contributed by atoms with Crippen molar-refractivity contribution in [2.45, 2.75) is 50.0 Å². The number of nitrogens with zero attached hydrogens (tertiary/aromatic N) is 2. The summed E-state index contributed by atoms with van der Waals surface area (Å²) in [5.41, 5.74) is 2.09. The van der Waals surface area contributed by atoms with Crippen molar-refractivity contribution in [3.05, 3.63) is 42.5 Å². The van der Waals surface area contributed by atoms with E-state index in [0.29, 0.717) is 24.5 Å². The van der Waals surface area contributed by atoms with E-state index in [-0.39, 0.29) is 15.8 Å². The van der Waals surface area contributed by atoms with Crippen LogP contribution < -0.4 is 20.3 Å². The zero-order valence-electron chi connectivity index (χ0n) is 19.4. The molecule has 190 valence electrons. The predicted molar refractivity (Wildman–Crippen MR) is 138 cm³/mol. The van der Waals surface area contributed by atoms with Gasteiger partial charge in [-0.2, -0.15) is 13.1 Å². The minimum atomic E-state index is -3.61. The van der Waals surface area contributed by atoms with Gasteiger partial charge in [-0.1, -0.05) is 6.42 Å². The minimum absolute atomic E-state index is 0.0485. The summed E-state index contributed by atoms with van der Waals surface area (Å²) < 4.78 is 57.3. The molecule has 11 heteroatoms. The molecular formula is C24H30F2N4O3S2. The van der Waals surface area contributed by atoms with Crippen LogP contribution in [0.5, 0.6) is 5.75 Å².